The molecule has 7 N–H and O–H groups in total. The molecule has 2 aromatic carbocycles. The SMILES string of the molecule is N=C(N)N1CC=C(c2ccc(NC(=O)c3ccc(C4=CCN(C(=N)N)CC4)c(F)c3)c(Cl)c2)CC1. The van der Waals surface area contributed by atoms with Gasteiger partial charge >= 0.3 is 0 Å². The Bertz CT molecular complexity index is 1260. The Morgan fingerprint density at radius 1 is 0.943 bits per heavy atom. The highest BCUT2D eigenvalue weighted by molar-refractivity contribution is 6.34. The zero-order valence-electron chi connectivity index (χ0n) is 19.1. The summed E-state index contributed by atoms with van der Waals surface area (Å²) in [6, 6.07) is 9.80. The van der Waals surface area contributed by atoms with Crippen molar-refractivity contribution in [1.82, 2.24) is 9.80 Å². The minimum absolute atomic E-state index is 0.00502. The summed E-state index contributed by atoms with van der Waals surface area (Å²) in [5, 5.41) is 18.2. The molecule has 35 heavy (non-hydrogen) atoms. The zero-order chi connectivity index (χ0) is 25.1. The topological polar surface area (TPSA) is 135 Å². The number of benzene rings is 2. The highest BCUT2D eigenvalue weighted by atomic mass is 35.5. The predicted molar refractivity (Wildman–Crippen MR) is 138 cm³/mol. The molecule has 0 radical (unpaired) electrons. The monoisotopic (exact) mass is 495 g/mol. The van der Waals surface area contributed by atoms with Crippen molar-refractivity contribution in [3.05, 3.63) is 76.1 Å². The molecule has 0 aliphatic carbocycles. The third-order valence-corrected chi connectivity index (χ3v) is 6.58. The van der Waals surface area contributed by atoms with Gasteiger partial charge in [-0.3, -0.25) is 15.6 Å². The molecule has 2 heterocycles. The van der Waals surface area contributed by atoms with Gasteiger partial charge in [0, 0.05) is 37.3 Å². The van der Waals surface area contributed by atoms with Crippen LogP contribution in [0.4, 0.5) is 10.1 Å². The van der Waals surface area contributed by atoms with E-state index in [4.69, 9.17) is 33.9 Å². The molecule has 0 fully saturated rings. The smallest absolute Gasteiger partial charge is 0.255 e. The molecule has 0 aromatic heterocycles. The van der Waals surface area contributed by atoms with E-state index in [1.165, 1.54) is 6.07 Å². The average Bonchev–Trinajstić information content (AvgIpc) is 2.85. The van der Waals surface area contributed by atoms with Crippen molar-refractivity contribution in [2.45, 2.75) is 12.8 Å². The number of anilines is 1. The second kappa shape index (κ2) is 10.2. The van der Waals surface area contributed by atoms with Gasteiger partial charge < -0.3 is 26.6 Å². The number of carbonyl (C=O) groups excluding carboxylic acids is 1. The lowest BCUT2D eigenvalue weighted by Crippen LogP contribution is -2.39. The Kier molecular flexibility index (Phi) is 7.07. The van der Waals surface area contributed by atoms with Crippen LogP contribution in [-0.4, -0.2) is 53.8 Å². The Hall–Kier alpha value is -3.85. The van der Waals surface area contributed by atoms with E-state index in [-0.39, 0.29) is 17.5 Å². The van der Waals surface area contributed by atoms with Crippen LogP contribution in [0.5, 0.6) is 0 Å². The van der Waals surface area contributed by atoms with Crippen LogP contribution in [-0.2, 0) is 0 Å². The number of rotatable bonds is 4. The van der Waals surface area contributed by atoms with Crippen molar-refractivity contribution >= 4 is 46.3 Å². The molecular formula is C25H27ClFN7O. The van der Waals surface area contributed by atoms with Crippen molar-refractivity contribution in [2.24, 2.45) is 11.5 Å². The fraction of sp³-hybridized carbons (Fsp3) is 0.240. The van der Waals surface area contributed by atoms with Crippen molar-refractivity contribution in [1.29, 1.82) is 10.8 Å². The molecule has 8 nitrogen and oxygen atoms in total. The normalized spacial score (nSPS) is 15.8. The second-order valence-corrected chi connectivity index (χ2v) is 8.87. The summed E-state index contributed by atoms with van der Waals surface area (Å²) in [5.74, 6) is -0.893. The molecule has 2 aromatic rings. The van der Waals surface area contributed by atoms with Crippen LogP contribution in [0.2, 0.25) is 5.02 Å². The summed E-state index contributed by atoms with van der Waals surface area (Å²) in [5.41, 5.74) is 15.0. The fourth-order valence-electron chi connectivity index (χ4n) is 4.21. The first-order chi connectivity index (χ1) is 16.7. The average molecular weight is 496 g/mol. The minimum Gasteiger partial charge on any atom is -0.370 e. The Morgan fingerprint density at radius 2 is 1.57 bits per heavy atom. The predicted octanol–water partition coefficient (Wildman–Crippen LogP) is 3.70. The van der Waals surface area contributed by atoms with Gasteiger partial charge in [-0.25, -0.2) is 4.39 Å². The lowest BCUT2D eigenvalue weighted by atomic mass is 9.97. The second-order valence-electron chi connectivity index (χ2n) is 8.46. The summed E-state index contributed by atoms with van der Waals surface area (Å²) in [4.78, 5) is 16.2. The Morgan fingerprint density at radius 3 is 2.09 bits per heavy atom. The summed E-state index contributed by atoms with van der Waals surface area (Å²) in [7, 11) is 0. The molecule has 182 valence electrons. The van der Waals surface area contributed by atoms with Gasteiger partial charge in [0.15, 0.2) is 11.9 Å². The number of hydrogen-bond acceptors (Lipinski definition) is 3. The van der Waals surface area contributed by atoms with Gasteiger partial charge in [-0.2, -0.15) is 0 Å². The van der Waals surface area contributed by atoms with Crippen LogP contribution < -0.4 is 16.8 Å². The molecule has 4 rings (SSSR count). The van der Waals surface area contributed by atoms with Gasteiger partial charge in [0.1, 0.15) is 5.82 Å². The largest absolute Gasteiger partial charge is 0.370 e. The highest BCUT2D eigenvalue weighted by Gasteiger charge is 2.19. The Balaban J connectivity index is 1.44. The maximum atomic E-state index is 14.8. The van der Waals surface area contributed by atoms with Gasteiger partial charge in [-0.15, -0.1) is 0 Å². The van der Waals surface area contributed by atoms with E-state index in [1.807, 2.05) is 18.2 Å². The zero-order valence-corrected chi connectivity index (χ0v) is 19.8. The van der Waals surface area contributed by atoms with Crippen LogP contribution in [0.3, 0.4) is 0 Å². The third kappa shape index (κ3) is 5.46. The van der Waals surface area contributed by atoms with Crippen LogP contribution in [0.1, 0.15) is 34.3 Å². The molecule has 1 amide bonds. The van der Waals surface area contributed by atoms with Crippen LogP contribution >= 0.6 is 11.6 Å². The third-order valence-electron chi connectivity index (χ3n) is 6.26. The molecule has 0 atom stereocenters. The molecule has 0 unspecified atom stereocenters. The van der Waals surface area contributed by atoms with E-state index in [0.29, 0.717) is 48.9 Å². The quantitative estimate of drug-likeness (QED) is 0.325. The number of hydrogen-bond donors (Lipinski definition) is 5. The van der Waals surface area contributed by atoms with E-state index in [2.05, 4.69) is 5.32 Å². The number of halogens is 2. The van der Waals surface area contributed by atoms with Gasteiger partial charge in [-0.05, 0) is 53.8 Å². The molecule has 0 spiro atoms. The molecule has 0 saturated carbocycles. The lowest BCUT2D eigenvalue weighted by molar-refractivity contribution is 0.102. The van der Waals surface area contributed by atoms with Crippen molar-refractivity contribution < 1.29 is 9.18 Å². The molecule has 2 aliphatic rings. The fourth-order valence-corrected chi connectivity index (χ4v) is 4.44. The van der Waals surface area contributed by atoms with Gasteiger partial charge in [0.25, 0.3) is 5.91 Å². The molecular weight excluding hydrogens is 469 g/mol. The van der Waals surface area contributed by atoms with Gasteiger partial charge in [0.05, 0.1) is 10.7 Å². The number of carbonyl (C=O) groups is 1. The Labute approximate surface area is 208 Å². The first-order valence-electron chi connectivity index (χ1n) is 11.2. The van der Waals surface area contributed by atoms with E-state index < -0.39 is 11.7 Å². The summed E-state index contributed by atoms with van der Waals surface area (Å²) in [6.45, 7) is 2.22. The number of amides is 1. The van der Waals surface area contributed by atoms with E-state index >= 15 is 0 Å². The number of guanidine groups is 2. The standard InChI is InChI=1S/C25H27ClFN7O/c26-20-13-17(15-5-9-33(10-6-15)24(28)29)2-4-22(20)32-23(35)18-1-3-19(21(27)14-18)16-7-11-34(12-8-16)25(30)31/h1-5,7,13-14H,6,8-12H2,(H3,28,29)(H3,30,31)(H,32,35). The lowest BCUT2D eigenvalue weighted by Gasteiger charge is -2.26. The summed E-state index contributed by atoms with van der Waals surface area (Å²) >= 11 is 6.44. The van der Waals surface area contributed by atoms with E-state index in [0.717, 1.165) is 23.1 Å². The van der Waals surface area contributed by atoms with E-state index in [9.17, 15) is 9.18 Å². The van der Waals surface area contributed by atoms with Crippen LogP contribution in [0.15, 0.2) is 48.6 Å². The van der Waals surface area contributed by atoms with Crippen molar-refractivity contribution in [3.8, 4) is 0 Å². The van der Waals surface area contributed by atoms with Crippen molar-refractivity contribution in [2.75, 3.05) is 31.5 Å². The summed E-state index contributed by atoms with van der Waals surface area (Å²) in [6.07, 6.45) is 5.16. The minimum atomic E-state index is -0.481. The first-order valence-corrected chi connectivity index (χ1v) is 11.6. The molecule has 0 bridgehead atoms. The molecule has 2 aliphatic heterocycles. The maximum absolute atomic E-state index is 14.8. The number of nitrogens with zero attached hydrogens (tertiary/aromatic N) is 2. The molecule has 0 saturated heterocycles. The van der Waals surface area contributed by atoms with Gasteiger partial charge in [0.2, 0.25) is 0 Å². The van der Waals surface area contributed by atoms with Gasteiger partial charge in [-0.1, -0.05) is 35.9 Å². The maximum Gasteiger partial charge on any atom is 0.255 e. The van der Waals surface area contributed by atoms with E-state index in [1.54, 1.807) is 34.1 Å². The summed E-state index contributed by atoms with van der Waals surface area (Å²) < 4.78 is 14.8. The molecule has 10 heteroatoms. The number of nitrogens with two attached hydrogens (primary N) is 2. The highest BCUT2D eigenvalue weighted by Crippen LogP contribution is 2.30. The van der Waals surface area contributed by atoms with Crippen LogP contribution in [0.25, 0.3) is 11.1 Å². The number of nitrogens with one attached hydrogen (secondary N) is 3. The van der Waals surface area contributed by atoms with Crippen LogP contribution in [0, 0.1) is 16.6 Å². The van der Waals surface area contributed by atoms with Crippen molar-refractivity contribution in [3.63, 3.8) is 0 Å². The first kappa shape index (κ1) is 24.3.